The van der Waals surface area contributed by atoms with E-state index in [0.29, 0.717) is 6.54 Å². The zero-order valence-electron chi connectivity index (χ0n) is 12.2. The first-order chi connectivity index (χ1) is 9.73. The third kappa shape index (κ3) is 3.87. The van der Waals surface area contributed by atoms with Crippen molar-refractivity contribution in [3.8, 4) is 0 Å². The summed E-state index contributed by atoms with van der Waals surface area (Å²) in [6.45, 7) is 2.25. The minimum atomic E-state index is -3.05. The average molecular weight is 318 g/mol. The monoisotopic (exact) mass is 318 g/mol. The van der Waals surface area contributed by atoms with Crippen LogP contribution in [0, 0.1) is 5.41 Å². The van der Waals surface area contributed by atoms with E-state index in [0.717, 1.165) is 19.3 Å². The Morgan fingerprint density at radius 2 is 2.05 bits per heavy atom. The van der Waals surface area contributed by atoms with Gasteiger partial charge in [-0.25, -0.2) is 13.2 Å². The van der Waals surface area contributed by atoms with Gasteiger partial charge < -0.3 is 15.3 Å². The van der Waals surface area contributed by atoms with E-state index in [4.69, 9.17) is 5.11 Å². The summed E-state index contributed by atoms with van der Waals surface area (Å²) in [6, 6.07) is -0.644. The van der Waals surface area contributed by atoms with Crippen LogP contribution in [0.25, 0.3) is 0 Å². The van der Waals surface area contributed by atoms with Crippen molar-refractivity contribution in [2.75, 3.05) is 24.6 Å². The van der Waals surface area contributed by atoms with Crippen molar-refractivity contribution in [2.24, 2.45) is 5.41 Å². The summed E-state index contributed by atoms with van der Waals surface area (Å²) in [5.41, 5.74) is -0.327. The fourth-order valence-corrected chi connectivity index (χ4v) is 4.64. The number of amides is 2. The molecule has 1 aliphatic heterocycles. The maximum absolute atomic E-state index is 12.2. The Labute approximate surface area is 124 Å². The zero-order valence-corrected chi connectivity index (χ0v) is 13.0. The van der Waals surface area contributed by atoms with E-state index < -0.39 is 15.8 Å². The van der Waals surface area contributed by atoms with Crippen LogP contribution in [-0.2, 0) is 14.6 Å². The lowest BCUT2D eigenvalue weighted by Crippen LogP contribution is -2.55. The van der Waals surface area contributed by atoms with Crippen LogP contribution in [0.15, 0.2) is 0 Å². The van der Waals surface area contributed by atoms with Crippen LogP contribution in [0.5, 0.6) is 0 Å². The summed E-state index contributed by atoms with van der Waals surface area (Å²) in [7, 11) is -3.05. The van der Waals surface area contributed by atoms with Crippen molar-refractivity contribution in [3.05, 3.63) is 0 Å². The normalized spacial score (nSPS) is 26.7. The van der Waals surface area contributed by atoms with Crippen LogP contribution in [0.2, 0.25) is 0 Å². The minimum absolute atomic E-state index is 0.00890. The number of hydrogen-bond acceptors (Lipinski definition) is 4. The number of rotatable bonds is 4. The van der Waals surface area contributed by atoms with Crippen LogP contribution < -0.4 is 5.32 Å². The van der Waals surface area contributed by atoms with Crippen LogP contribution in [-0.4, -0.2) is 61.1 Å². The van der Waals surface area contributed by atoms with E-state index >= 15 is 0 Å². The summed E-state index contributed by atoms with van der Waals surface area (Å²) in [4.78, 5) is 24.6. The second-order valence-corrected chi connectivity index (χ2v) is 8.47. The summed E-state index contributed by atoms with van der Waals surface area (Å²) < 4.78 is 23.0. The van der Waals surface area contributed by atoms with Crippen LogP contribution in [0.4, 0.5) is 4.79 Å². The molecule has 2 amide bonds. The smallest absolute Gasteiger partial charge is 0.317 e. The molecule has 0 aromatic heterocycles. The molecule has 2 N–H and O–H groups in total. The van der Waals surface area contributed by atoms with Gasteiger partial charge in [0, 0.05) is 19.1 Å². The SMILES string of the molecule is CC1CS(=O)(=O)CCN1C(=O)NCC1(CC(=O)O)CCC1. The van der Waals surface area contributed by atoms with Gasteiger partial charge in [-0.2, -0.15) is 0 Å². The highest BCUT2D eigenvalue weighted by atomic mass is 32.2. The first-order valence-corrected chi connectivity index (χ1v) is 9.02. The molecule has 8 heteroatoms. The van der Waals surface area contributed by atoms with E-state index in [2.05, 4.69) is 5.32 Å². The number of urea groups is 1. The van der Waals surface area contributed by atoms with E-state index in [1.54, 1.807) is 6.92 Å². The summed E-state index contributed by atoms with van der Waals surface area (Å²) in [5, 5.41) is 11.7. The van der Waals surface area contributed by atoms with E-state index in [1.165, 1.54) is 4.90 Å². The molecule has 0 spiro atoms. The highest BCUT2D eigenvalue weighted by Gasteiger charge is 2.40. The number of aliphatic carboxylic acids is 1. The molecule has 1 saturated carbocycles. The van der Waals surface area contributed by atoms with Gasteiger partial charge in [-0.1, -0.05) is 6.42 Å². The summed E-state index contributed by atoms with van der Waals surface area (Å²) in [5.74, 6) is -0.868. The van der Waals surface area contributed by atoms with Gasteiger partial charge in [-0.05, 0) is 25.2 Å². The lowest BCUT2D eigenvalue weighted by molar-refractivity contribution is -0.141. The topological polar surface area (TPSA) is 104 Å². The molecule has 2 fully saturated rings. The third-order valence-electron chi connectivity index (χ3n) is 4.49. The van der Waals surface area contributed by atoms with Gasteiger partial charge >= 0.3 is 12.0 Å². The standard InChI is InChI=1S/C13H22N2O5S/c1-10-8-21(19,20)6-5-15(10)12(18)14-9-13(3-2-4-13)7-11(16)17/h10H,2-9H2,1H3,(H,14,18)(H,16,17). The lowest BCUT2D eigenvalue weighted by atomic mass is 9.66. The predicted molar refractivity (Wildman–Crippen MR) is 76.8 cm³/mol. The molecule has 1 saturated heterocycles. The number of hydrogen-bond donors (Lipinski definition) is 2. The Hall–Kier alpha value is -1.31. The molecule has 2 aliphatic rings. The molecule has 1 unspecified atom stereocenters. The second-order valence-electron chi connectivity index (χ2n) is 6.24. The summed E-state index contributed by atoms with van der Waals surface area (Å²) in [6.07, 6.45) is 2.67. The van der Waals surface area contributed by atoms with Crippen molar-refractivity contribution in [1.82, 2.24) is 10.2 Å². The Kier molecular flexibility index (Phi) is 4.46. The van der Waals surface area contributed by atoms with Crippen molar-refractivity contribution in [2.45, 2.75) is 38.6 Å². The molecule has 1 atom stereocenters. The van der Waals surface area contributed by atoms with E-state index in [9.17, 15) is 18.0 Å². The Morgan fingerprint density at radius 3 is 2.52 bits per heavy atom. The van der Waals surface area contributed by atoms with Crippen molar-refractivity contribution in [3.63, 3.8) is 0 Å². The number of sulfone groups is 1. The quantitative estimate of drug-likeness (QED) is 0.783. The average Bonchev–Trinajstić information content (AvgIpc) is 2.30. The molecule has 1 aliphatic carbocycles. The Bertz CT molecular complexity index is 527. The van der Waals surface area contributed by atoms with Crippen LogP contribution in [0.1, 0.15) is 32.6 Å². The number of carboxylic acid groups (broad SMARTS) is 1. The number of carbonyl (C=O) groups excluding carboxylic acids is 1. The maximum atomic E-state index is 12.2. The summed E-state index contributed by atoms with van der Waals surface area (Å²) >= 11 is 0. The molecule has 7 nitrogen and oxygen atoms in total. The highest BCUT2D eigenvalue weighted by Crippen LogP contribution is 2.43. The van der Waals surface area contributed by atoms with Crippen molar-refractivity contribution < 1.29 is 23.1 Å². The van der Waals surface area contributed by atoms with Crippen molar-refractivity contribution in [1.29, 1.82) is 0 Å². The van der Waals surface area contributed by atoms with E-state index in [1.807, 2.05) is 0 Å². The number of carboxylic acids is 1. The first kappa shape index (κ1) is 16.1. The number of nitrogens with zero attached hydrogens (tertiary/aromatic N) is 1. The molecular weight excluding hydrogens is 296 g/mol. The number of carbonyl (C=O) groups is 2. The molecule has 2 rings (SSSR count). The minimum Gasteiger partial charge on any atom is -0.481 e. The molecule has 1 heterocycles. The van der Waals surface area contributed by atoms with Gasteiger partial charge in [0.25, 0.3) is 0 Å². The number of nitrogens with one attached hydrogen (secondary N) is 1. The predicted octanol–water partition coefficient (Wildman–Crippen LogP) is 0.460. The largest absolute Gasteiger partial charge is 0.481 e. The van der Waals surface area contributed by atoms with Gasteiger partial charge in [0.2, 0.25) is 0 Å². The first-order valence-electron chi connectivity index (χ1n) is 7.20. The Morgan fingerprint density at radius 1 is 1.38 bits per heavy atom. The molecule has 120 valence electrons. The molecule has 0 bridgehead atoms. The van der Waals surface area contributed by atoms with Gasteiger partial charge in [0.05, 0.1) is 17.9 Å². The molecule has 21 heavy (non-hydrogen) atoms. The maximum Gasteiger partial charge on any atom is 0.317 e. The van der Waals surface area contributed by atoms with Gasteiger partial charge in [-0.3, -0.25) is 4.79 Å². The van der Waals surface area contributed by atoms with Crippen molar-refractivity contribution >= 4 is 21.8 Å². The lowest BCUT2D eigenvalue weighted by Gasteiger charge is -2.42. The van der Waals surface area contributed by atoms with Gasteiger partial charge in [0.1, 0.15) is 0 Å². The molecular formula is C13H22N2O5S. The molecule has 0 aromatic rings. The highest BCUT2D eigenvalue weighted by molar-refractivity contribution is 7.91. The zero-order chi connectivity index (χ0) is 15.7. The third-order valence-corrected chi connectivity index (χ3v) is 6.28. The van der Waals surface area contributed by atoms with Gasteiger partial charge in [-0.15, -0.1) is 0 Å². The second kappa shape index (κ2) is 5.82. The van der Waals surface area contributed by atoms with Gasteiger partial charge in [0.15, 0.2) is 9.84 Å². The fraction of sp³-hybridized carbons (Fsp3) is 0.846. The molecule has 0 aromatic carbocycles. The molecule has 0 radical (unpaired) electrons. The fourth-order valence-electron chi connectivity index (χ4n) is 3.08. The van der Waals surface area contributed by atoms with E-state index in [-0.39, 0.29) is 42.0 Å². The Balaban J connectivity index is 1.88. The van der Waals surface area contributed by atoms with Crippen LogP contribution in [0.3, 0.4) is 0 Å². The van der Waals surface area contributed by atoms with Crippen LogP contribution >= 0.6 is 0 Å².